The van der Waals surface area contributed by atoms with E-state index < -0.39 is 6.11 Å². The van der Waals surface area contributed by atoms with Gasteiger partial charge < -0.3 is 4.74 Å². The average Bonchev–Trinajstić information content (AvgIpc) is 2.08. The number of nitrogens with one attached hydrogen (secondary N) is 1. The first-order valence-electron chi connectivity index (χ1n) is 4.54. The van der Waals surface area contributed by atoms with Crippen molar-refractivity contribution in [2.75, 3.05) is 6.61 Å². The molecule has 4 nitrogen and oxygen atoms in total. The second-order valence-electron chi connectivity index (χ2n) is 3.01. The lowest BCUT2D eigenvalue weighted by atomic mass is 10.2. The quantitative estimate of drug-likeness (QED) is 0.764. The fourth-order valence-corrected chi connectivity index (χ4v) is 0.913. The summed E-state index contributed by atoms with van der Waals surface area (Å²) in [5.41, 5.74) is 0.671. The second kappa shape index (κ2) is 5.41. The number of aromatic nitrogens is 2. The van der Waals surface area contributed by atoms with E-state index in [1.165, 1.54) is 6.08 Å². The summed E-state index contributed by atoms with van der Waals surface area (Å²) in [6, 6.07) is 0. The van der Waals surface area contributed by atoms with E-state index in [1.807, 2.05) is 0 Å². The van der Waals surface area contributed by atoms with Crippen LogP contribution in [0.3, 0.4) is 0 Å². The lowest BCUT2D eigenvalue weighted by Gasteiger charge is -2.08. The van der Waals surface area contributed by atoms with Crippen LogP contribution in [0.2, 0.25) is 0 Å². The van der Waals surface area contributed by atoms with Crippen LogP contribution < -0.4 is 0 Å². The van der Waals surface area contributed by atoms with Crippen LogP contribution in [0, 0.1) is 0 Å². The van der Waals surface area contributed by atoms with Gasteiger partial charge in [0.05, 0.1) is 6.61 Å². The van der Waals surface area contributed by atoms with Crippen molar-refractivity contribution in [1.82, 2.24) is 10.3 Å². The number of halogens is 2. The van der Waals surface area contributed by atoms with Gasteiger partial charge >= 0.3 is 6.11 Å². The van der Waals surface area contributed by atoms with Crippen LogP contribution >= 0.6 is 0 Å². The molecule has 0 aromatic carbocycles. The second-order valence-corrected chi connectivity index (χ2v) is 3.01. The number of H-pyrrole nitrogens is 1. The molecule has 0 saturated carbocycles. The van der Waals surface area contributed by atoms with E-state index in [0.29, 0.717) is 18.3 Å². The Labute approximate surface area is 91.2 Å². The summed E-state index contributed by atoms with van der Waals surface area (Å²) in [5.74, 6) is 0.513. The van der Waals surface area contributed by atoms with Gasteiger partial charge in [-0.2, -0.15) is 13.9 Å². The lowest BCUT2D eigenvalue weighted by Crippen LogP contribution is -2.14. The van der Waals surface area contributed by atoms with Crippen LogP contribution in [0.25, 0.3) is 5.57 Å². The first-order chi connectivity index (χ1) is 7.53. The maximum Gasteiger partial charge on any atom is 0.353 e. The Hall–Kier alpha value is -1.69. The molecule has 88 valence electrons. The predicted molar refractivity (Wildman–Crippen MR) is 54.7 cm³/mol. The molecule has 0 spiro atoms. The SMILES string of the molecule is C=C/C=C(\C=C/COC(C)(F)F)c1no[nH]1. The summed E-state index contributed by atoms with van der Waals surface area (Å²) in [5, 5.41) is 6.05. The summed E-state index contributed by atoms with van der Waals surface area (Å²) in [4.78, 5) is 0. The van der Waals surface area contributed by atoms with Gasteiger partial charge in [-0.3, -0.25) is 4.63 Å². The maximum absolute atomic E-state index is 12.3. The number of nitrogens with zero attached hydrogens (tertiary/aromatic N) is 1. The van der Waals surface area contributed by atoms with Crippen LogP contribution in [0.1, 0.15) is 12.7 Å². The van der Waals surface area contributed by atoms with E-state index in [1.54, 1.807) is 18.2 Å². The molecule has 1 rings (SSSR count). The van der Waals surface area contributed by atoms with E-state index in [0.717, 1.165) is 0 Å². The van der Waals surface area contributed by atoms with Crippen LogP contribution in [0.4, 0.5) is 8.78 Å². The van der Waals surface area contributed by atoms with Gasteiger partial charge in [0.25, 0.3) is 0 Å². The molecule has 1 N–H and O–H groups in total. The van der Waals surface area contributed by atoms with E-state index in [-0.39, 0.29) is 6.61 Å². The highest BCUT2D eigenvalue weighted by Gasteiger charge is 2.20. The van der Waals surface area contributed by atoms with Crippen molar-refractivity contribution < 1.29 is 18.1 Å². The molecule has 0 amide bonds. The molecule has 1 aromatic heterocycles. The Balaban J connectivity index is 2.49. The average molecular weight is 230 g/mol. The number of alkyl halides is 2. The zero-order valence-electron chi connectivity index (χ0n) is 8.74. The van der Waals surface area contributed by atoms with Crippen LogP contribution in [-0.4, -0.2) is 23.0 Å². The Bertz CT molecular complexity index is 376. The van der Waals surface area contributed by atoms with Gasteiger partial charge in [0.1, 0.15) is 0 Å². The summed E-state index contributed by atoms with van der Waals surface area (Å²) < 4.78 is 33.2. The molecule has 0 unspecified atom stereocenters. The zero-order chi connectivity index (χ0) is 12.0. The summed E-state index contributed by atoms with van der Waals surface area (Å²) >= 11 is 0. The Morgan fingerprint density at radius 3 is 2.81 bits per heavy atom. The number of hydrogen-bond donors (Lipinski definition) is 1. The number of ether oxygens (including phenoxy) is 1. The van der Waals surface area contributed by atoms with Crippen molar-refractivity contribution in [3.63, 3.8) is 0 Å². The van der Waals surface area contributed by atoms with Crippen LogP contribution in [0.5, 0.6) is 0 Å². The van der Waals surface area contributed by atoms with Gasteiger partial charge in [0.2, 0.25) is 5.82 Å². The van der Waals surface area contributed by atoms with Crippen molar-refractivity contribution in [3.05, 3.63) is 36.7 Å². The monoisotopic (exact) mass is 230 g/mol. The van der Waals surface area contributed by atoms with E-state index in [9.17, 15) is 8.78 Å². The number of allylic oxidation sites excluding steroid dienone is 4. The molecule has 0 atom stereocenters. The molecular weight excluding hydrogens is 218 g/mol. The molecule has 0 radical (unpaired) electrons. The van der Waals surface area contributed by atoms with Crippen molar-refractivity contribution in [1.29, 1.82) is 0 Å². The molecule has 6 heteroatoms. The van der Waals surface area contributed by atoms with Crippen LogP contribution in [-0.2, 0) is 4.74 Å². The molecule has 0 saturated heterocycles. The number of rotatable bonds is 6. The fraction of sp³-hybridized carbons (Fsp3) is 0.300. The van der Waals surface area contributed by atoms with Gasteiger partial charge in [0, 0.05) is 12.5 Å². The molecule has 0 aliphatic rings. The summed E-state index contributed by atoms with van der Waals surface area (Å²) in [7, 11) is 0. The van der Waals surface area contributed by atoms with Gasteiger partial charge in [-0.15, -0.1) is 0 Å². The maximum atomic E-state index is 12.3. The predicted octanol–water partition coefficient (Wildman–Crippen LogP) is 2.76. The zero-order valence-corrected chi connectivity index (χ0v) is 8.74. The van der Waals surface area contributed by atoms with Gasteiger partial charge in [-0.1, -0.05) is 30.9 Å². The van der Waals surface area contributed by atoms with Crippen molar-refractivity contribution in [2.45, 2.75) is 13.0 Å². The van der Waals surface area contributed by atoms with Crippen molar-refractivity contribution >= 4 is 5.57 Å². The first-order valence-corrected chi connectivity index (χ1v) is 4.54. The number of hydrogen-bond acceptors (Lipinski definition) is 3. The summed E-state index contributed by atoms with van der Waals surface area (Å²) in [6.45, 7) is 4.02. The standard InChI is InChI=1S/C10H12F2N2O2/c1-3-5-8(9-13-16-14-9)6-4-7-15-10(2,11)12/h3-6H,1,7H2,2H3,(H,13,14)/b6-4-,8-5+. The lowest BCUT2D eigenvalue weighted by molar-refractivity contribution is -0.216. The molecule has 0 aliphatic carbocycles. The molecule has 16 heavy (non-hydrogen) atoms. The minimum absolute atomic E-state index is 0.188. The van der Waals surface area contributed by atoms with Gasteiger partial charge in [-0.25, -0.2) is 0 Å². The highest BCUT2D eigenvalue weighted by Crippen LogP contribution is 2.14. The normalized spacial score (nSPS) is 13.6. The van der Waals surface area contributed by atoms with E-state index in [2.05, 4.69) is 26.3 Å². The molecule has 0 fully saturated rings. The highest BCUT2D eigenvalue weighted by molar-refractivity contribution is 5.70. The largest absolute Gasteiger partial charge is 0.353 e. The third kappa shape index (κ3) is 4.22. The van der Waals surface area contributed by atoms with Gasteiger partial charge in [-0.05, 0) is 5.16 Å². The minimum Gasteiger partial charge on any atom is -0.317 e. The third-order valence-corrected chi connectivity index (χ3v) is 1.58. The van der Waals surface area contributed by atoms with E-state index in [4.69, 9.17) is 0 Å². The van der Waals surface area contributed by atoms with Crippen molar-refractivity contribution in [3.8, 4) is 0 Å². The minimum atomic E-state index is -3.12. The van der Waals surface area contributed by atoms with Gasteiger partial charge in [0.15, 0.2) is 0 Å². The Morgan fingerprint density at radius 2 is 2.38 bits per heavy atom. The van der Waals surface area contributed by atoms with Crippen molar-refractivity contribution in [2.24, 2.45) is 0 Å². The molecule has 0 bridgehead atoms. The fourth-order valence-electron chi connectivity index (χ4n) is 0.913. The van der Waals surface area contributed by atoms with E-state index >= 15 is 0 Å². The third-order valence-electron chi connectivity index (χ3n) is 1.58. The first kappa shape index (κ1) is 12.4. The highest BCUT2D eigenvalue weighted by atomic mass is 19.3. The summed E-state index contributed by atoms with van der Waals surface area (Å²) in [6.07, 6.45) is 3.13. The molecule has 0 aliphatic heterocycles. The van der Waals surface area contributed by atoms with Crippen LogP contribution in [0.15, 0.2) is 35.5 Å². The topological polar surface area (TPSA) is 51.1 Å². The smallest absolute Gasteiger partial charge is 0.317 e. The molecule has 1 aromatic rings. The Kier molecular flexibility index (Phi) is 4.19. The molecular formula is C10H12F2N2O2. The Morgan fingerprint density at radius 1 is 1.69 bits per heavy atom. The molecule has 1 heterocycles. The number of aromatic amines is 1.